The zero-order valence-electron chi connectivity index (χ0n) is 14.5. The van der Waals surface area contributed by atoms with Gasteiger partial charge < -0.3 is 10.1 Å². The summed E-state index contributed by atoms with van der Waals surface area (Å²) in [5.74, 6) is 4.29. The Hall–Kier alpha value is -3.36. The van der Waals surface area contributed by atoms with Gasteiger partial charge in [0.25, 0.3) is 21.8 Å². The summed E-state index contributed by atoms with van der Waals surface area (Å²) in [7, 11) is -4.24. The van der Waals surface area contributed by atoms with Crippen LogP contribution < -0.4 is 26.2 Å². The van der Waals surface area contributed by atoms with E-state index >= 15 is 0 Å². The lowest BCUT2D eigenvalue weighted by molar-refractivity contribution is -0.123. The van der Waals surface area contributed by atoms with Crippen molar-refractivity contribution in [3.05, 3.63) is 36.4 Å². The van der Waals surface area contributed by atoms with Crippen LogP contribution in [0.4, 0.5) is 5.69 Å². The normalized spacial score (nSPS) is 16.1. The molecule has 3 heterocycles. The van der Waals surface area contributed by atoms with Gasteiger partial charge >= 0.3 is 0 Å². The van der Waals surface area contributed by atoms with E-state index in [0.717, 1.165) is 5.01 Å². The number of ether oxygens (including phenoxy) is 1. The van der Waals surface area contributed by atoms with Crippen LogP contribution >= 0.6 is 0 Å². The number of hydrogen-bond donors (Lipinski definition) is 4. The summed E-state index contributed by atoms with van der Waals surface area (Å²) in [6, 6.07) is 2.57. The van der Waals surface area contributed by atoms with Crippen LogP contribution in [-0.2, 0) is 14.8 Å². The number of sulfonamides is 1. The van der Waals surface area contributed by atoms with Gasteiger partial charge in [-0.05, 0) is 19.1 Å². The second-order valence-electron chi connectivity index (χ2n) is 5.56. The van der Waals surface area contributed by atoms with Crippen molar-refractivity contribution in [2.24, 2.45) is 5.84 Å². The number of hydrazine groups is 2. The first-order valence-corrected chi connectivity index (χ1v) is 9.31. The Balaban J connectivity index is 1.65. The SMILES string of the molecule is CC1Nc2ccc(S(=O)(=O)NNC(=O)COc3cnccn3)nc2C(=O)N1N. The lowest BCUT2D eigenvalue weighted by Gasteiger charge is -2.31. The number of nitrogens with two attached hydrogens (primary N) is 1. The third kappa shape index (κ3) is 4.13. The zero-order valence-corrected chi connectivity index (χ0v) is 15.3. The molecular formula is C14H16N8O5S. The Kier molecular flexibility index (Phi) is 5.34. The highest BCUT2D eigenvalue weighted by molar-refractivity contribution is 7.89. The maximum atomic E-state index is 12.3. The second kappa shape index (κ2) is 7.71. The van der Waals surface area contributed by atoms with Crippen LogP contribution in [0.15, 0.2) is 35.7 Å². The summed E-state index contributed by atoms with van der Waals surface area (Å²) in [5.41, 5.74) is 2.17. The van der Waals surface area contributed by atoms with Gasteiger partial charge in [0.05, 0.1) is 11.9 Å². The molecule has 1 aliphatic heterocycles. The van der Waals surface area contributed by atoms with E-state index in [2.05, 4.69) is 20.3 Å². The van der Waals surface area contributed by atoms with Gasteiger partial charge in [-0.15, -0.1) is 4.83 Å². The van der Waals surface area contributed by atoms with E-state index in [0.29, 0.717) is 5.69 Å². The van der Waals surface area contributed by atoms with Crippen LogP contribution in [-0.4, -0.2) is 53.0 Å². The number of anilines is 1. The van der Waals surface area contributed by atoms with Crippen molar-refractivity contribution in [3.8, 4) is 5.88 Å². The number of carbonyl (C=O) groups excluding carboxylic acids is 2. The van der Waals surface area contributed by atoms with Crippen molar-refractivity contribution in [3.63, 3.8) is 0 Å². The fourth-order valence-electron chi connectivity index (χ4n) is 2.18. The van der Waals surface area contributed by atoms with Crippen molar-refractivity contribution in [1.29, 1.82) is 0 Å². The van der Waals surface area contributed by atoms with E-state index in [9.17, 15) is 18.0 Å². The molecule has 0 saturated carbocycles. The molecule has 5 N–H and O–H groups in total. The predicted octanol–water partition coefficient (Wildman–Crippen LogP) is -1.65. The maximum absolute atomic E-state index is 12.3. The van der Waals surface area contributed by atoms with E-state index in [1.54, 1.807) is 6.92 Å². The topological polar surface area (TPSA) is 182 Å². The summed E-state index contributed by atoms with van der Waals surface area (Å²) < 4.78 is 29.7. The first-order chi connectivity index (χ1) is 13.3. The first-order valence-electron chi connectivity index (χ1n) is 7.83. The molecular weight excluding hydrogens is 392 g/mol. The average Bonchev–Trinajstić information content (AvgIpc) is 2.69. The van der Waals surface area contributed by atoms with Crippen LogP contribution in [0.3, 0.4) is 0 Å². The summed E-state index contributed by atoms with van der Waals surface area (Å²) >= 11 is 0. The molecule has 1 unspecified atom stereocenters. The van der Waals surface area contributed by atoms with E-state index in [1.807, 2.05) is 10.3 Å². The molecule has 0 bridgehead atoms. The van der Waals surface area contributed by atoms with Crippen molar-refractivity contribution in [1.82, 2.24) is 30.2 Å². The number of pyridine rings is 1. The van der Waals surface area contributed by atoms with Crippen LogP contribution in [0, 0.1) is 0 Å². The molecule has 2 aromatic heterocycles. The van der Waals surface area contributed by atoms with Crippen molar-refractivity contribution >= 4 is 27.5 Å². The fourth-order valence-corrected chi connectivity index (χ4v) is 2.99. The van der Waals surface area contributed by atoms with Gasteiger partial charge in [0.1, 0.15) is 6.17 Å². The largest absolute Gasteiger partial charge is 0.466 e. The molecule has 14 heteroatoms. The average molecular weight is 408 g/mol. The molecule has 2 amide bonds. The number of fused-ring (bicyclic) bond motifs is 1. The maximum Gasteiger partial charge on any atom is 0.290 e. The quantitative estimate of drug-likeness (QED) is 0.245. The Bertz CT molecular complexity index is 1000. The number of nitrogens with one attached hydrogen (secondary N) is 3. The summed E-state index contributed by atoms with van der Waals surface area (Å²) in [6.45, 7) is 1.16. The smallest absolute Gasteiger partial charge is 0.290 e. The Morgan fingerprint density at radius 2 is 2.18 bits per heavy atom. The van der Waals surface area contributed by atoms with Gasteiger partial charge in [0.15, 0.2) is 17.3 Å². The molecule has 3 rings (SSSR count). The molecule has 0 spiro atoms. The molecule has 1 atom stereocenters. The summed E-state index contributed by atoms with van der Waals surface area (Å²) in [6.07, 6.45) is 3.62. The predicted molar refractivity (Wildman–Crippen MR) is 93.7 cm³/mol. The third-order valence-corrected chi connectivity index (χ3v) is 4.73. The number of nitrogens with zero attached hydrogens (tertiary/aromatic N) is 4. The first kappa shape index (κ1) is 19.4. The van der Waals surface area contributed by atoms with Gasteiger partial charge in [-0.1, -0.05) is 0 Å². The summed E-state index contributed by atoms with van der Waals surface area (Å²) in [5, 5.41) is 3.33. The van der Waals surface area contributed by atoms with Crippen LogP contribution in [0.5, 0.6) is 5.88 Å². The number of hydrogen-bond acceptors (Lipinski definition) is 10. The lowest BCUT2D eigenvalue weighted by Crippen LogP contribution is -2.51. The van der Waals surface area contributed by atoms with Crippen LogP contribution in [0.25, 0.3) is 0 Å². The molecule has 0 aromatic carbocycles. The highest BCUT2D eigenvalue weighted by Gasteiger charge is 2.30. The Labute approximate surface area is 159 Å². The Morgan fingerprint density at radius 3 is 2.89 bits per heavy atom. The van der Waals surface area contributed by atoms with E-state index < -0.39 is 39.6 Å². The van der Waals surface area contributed by atoms with E-state index in [1.165, 1.54) is 30.7 Å². The van der Waals surface area contributed by atoms with Gasteiger partial charge in [0.2, 0.25) is 5.88 Å². The van der Waals surface area contributed by atoms with Crippen molar-refractivity contribution < 1.29 is 22.7 Å². The molecule has 0 aliphatic carbocycles. The molecule has 0 radical (unpaired) electrons. The molecule has 0 saturated heterocycles. The van der Waals surface area contributed by atoms with E-state index in [-0.39, 0.29) is 11.6 Å². The number of amides is 2. The Morgan fingerprint density at radius 1 is 1.39 bits per heavy atom. The lowest BCUT2D eigenvalue weighted by atomic mass is 10.2. The minimum atomic E-state index is -4.24. The molecule has 0 fully saturated rings. The summed E-state index contributed by atoms with van der Waals surface area (Å²) in [4.78, 5) is 37.2. The van der Waals surface area contributed by atoms with Gasteiger partial charge in [0, 0.05) is 12.4 Å². The van der Waals surface area contributed by atoms with Crippen molar-refractivity contribution in [2.75, 3.05) is 11.9 Å². The number of rotatable bonds is 6. The minimum Gasteiger partial charge on any atom is -0.466 e. The monoisotopic (exact) mass is 408 g/mol. The second-order valence-corrected chi connectivity index (χ2v) is 7.19. The highest BCUT2D eigenvalue weighted by atomic mass is 32.2. The van der Waals surface area contributed by atoms with E-state index in [4.69, 9.17) is 10.6 Å². The standard InChI is InChI=1S/C14H16N8O5S/c1-8-18-9-2-3-12(19-13(9)14(24)22(8)15)28(25,26)21-20-10(23)7-27-11-6-16-4-5-17-11/h2-6,8,18,21H,7,15H2,1H3,(H,20,23). The molecule has 1 aliphatic rings. The fraction of sp³-hybridized carbons (Fsp3) is 0.214. The van der Waals surface area contributed by atoms with Gasteiger partial charge in [-0.2, -0.15) is 0 Å². The highest BCUT2D eigenvalue weighted by Crippen LogP contribution is 2.23. The zero-order chi connectivity index (χ0) is 20.3. The molecule has 148 valence electrons. The van der Waals surface area contributed by atoms with Crippen LogP contribution in [0.2, 0.25) is 0 Å². The molecule has 13 nitrogen and oxygen atoms in total. The molecule has 28 heavy (non-hydrogen) atoms. The minimum absolute atomic E-state index is 0.100. The van der Waals surface area contributed by atoms with Crippen molar-refractivity contribution in [2.45, 2.75) is 18.1 Å². The number of carbonyl (C=O) groups is 2. The number of aromatic nitrogens is 3. The van der Waals surface area contributed by atoms with Crippen LogP contribution in [0.1, 0.15) is 17.4 Å². The molecule has 2 aromatic rings. The van der Waals surface area contributed by atoms with Gasteiger partial charge in [-0.25, -0.2) is 24.2 Å². The third-order valence-electron chi connectivity index (χ3n) is 3.58. The van der Waals surface area contributed by atoms with Gasteiger partial charge in [-0.3, -0.25) is 25.0 Å².